The molecule has 2 aromatic heterocycles. The highest BCUT2D eigenvalue weighted by Crippen LogP contribution is 2.27. The second kappa shape index (κ2) is 8.68. The van der Waals surface area contributed by atoms with Gasteiger partial charge in [0.1, 0.15) is 5.75 Å². The second-order valence-electron chi connectivity index (χ2n) is 7.16. The van der Waals surface area contributed by atoms with Crippen molar-refractivity contribution in [2.45, 2.75) is 4.90 Å². The standard InChI is InChI=1S/C25H18N4O3S/c30-33(31,21-14-13-19-10-7-15-26-22(19)16-21)29-25-27-23(18-8-3-1-4-9-18)17-24(28-25)32-20-11-5-2-6-12-20/h1-17H,(H,27,28,29). The van der Waals surface area contributed by atoms with E-state index in [1.54, 1.807) is 36.5 Å². The maximum Gasteiger partial charge on any atom is 0.264 e. The summed E-state index contributed by atoms with van der Waals surface area (Å²) in [6.45, 7) is 0. The first kappa shape index (κ1) is 20.6. The van der Waals surface area contributed by atoms with Gasteiger partial charge in [-0.15, -0.1) is 0 Å². The Morgan fingerprint density at radius 3 is 2.30 bits per heavy atom. The van der Waals surface area contributed by atoms with Crippen LogP contribution >= 0.6 is 0 Å². The fraction of sp³-hybridized carbons (Fsp3) is 0. The summed E-state index contributed by atoms with van der Waals surface area (Å²) in [4.78, 5) is 13.0. The summed E-state index contributed by atoms with van der Waals surface area (Å²) in [5.41, 5.74) is 1.90. The van der Waals surface area contributed by atoms with Crippen molar-refractivity contribution in [3.63, 3.8) is 0 Å². The molecule has 7 nitrogen and oxygen atoms in total. The van der Waals surface area contributed by atoms with Gasteiger partial charge in [-0.25, -0.2) is 18.1 Å². The topological polar surface area (TPSA) is 94.1 Å². The number of hydrogen-bond acceptors (Lipinski definition) is 6. The molecule has 0 aliphatic rings. The van der Waals surface area contributed by atoms with Crippen molar-refractivity contribution >= 4 is 26.9 Å². The normalized spacial score (nSPS) is 11.3. The zero-order valence-corrected chi connectivity index (χ0v) is 18.1. The lowest BCUT2D eigenvalue weighted by Crippen LogP contribution is -2.15. The van der Waals surface area contributed by atoms with Crippen molar-refractivity contribution in [1.82, 2.24) is 15.0 Å². The van der Waals surface area contributed by atoms with Gasteiger partial charge in [-0.1, -0.05) is 60.7 Å². The van der Waals surface area contributed by atoms with Crippen LogP contribution < -0.4 is 9.46 Å². The minimum Gasteiger partial charge on any atom is -0.439 e. The van der Waals surface area contributed by atoms with Crippen LogP contribution in [0.4, 0.5) is 5.95 Å². The number of nitrogens with one attached hydrogen (secondary N) is 1. The molecule has 0 bridgehead atoms. The van der Waals surface area contributed by atoms with Crippen LogP contribution in [0.25, 0.3) is 22.2 Å². The molecule has 5 rings (SSSR count). The smallest absolute Gasteiger partial charge is 0.264 e. The zero-order valence-electron chi connectivity index (χ0n) is 17.3. The molecule has 8 heteroatoms. The molecule has 3 aromatic carbocycles. The van der Waals surface area contributed by atoms with Gasteiger partial charge >= 0.3 is 0 Å². The molecule has 0 unspecified atom stereocenters. The van der Waals surface area contributed by atoms with Gasteiger partial charge in [0.25, 0.3) is 10.0 Å². The van der Waals surface area contributed by atoms with E-state index in [-0.39, 0.29) is 16.7 Å². The Bertz CT molecular complexity index is 1530. The van der Waals surface area contributed by atoms with E-state index < -0.39 is 10.0 Å². The van der Waals surface area contributed by atoms with Gasteiger partial charge in [0.2, 0.25) is 11.8 Å². The number of pyridine rings is 1. The molecule has 0 amide bonds. The van der Waals surface area contributed by atoms with Gasteiger partial charge in [-0.3, -0.25) is 4.98 Å². The molecule has 2 heterocycles. The van der Waals surface area contributed by atoms with Crippen LogP contribution in [-0.4, -0.2) is 23.4 Å². The number of hydrogen-bond donors (Lipinski definition) is 1. The van der Waals surface area contributed by atoms with Crippen molar-refractivity contribution in [3.8, 4) is 22.9 Å². The van der Waals surface area contributed by atoms with Crippen LogP contribution in [0, 0.1) is 0 Å². The van der Waals surface area contributed by atoms with Gasteiger partial charge < -0.3 is 4.74 Å². The average Bonchev–Trinajstić information content (AvgIpc) is 2.84. The molecular formula is C25H18N4O3S. The molecule has 0 atom stereocenters. The fourth-order valence-corrected chi connectivity index (χ4v) is 4.24. The third kappa shape index (κ3) is 4.65. The predicted molar refractivity (Wildman–Crippen MR) is 127 cm³/mol. The van der Waals surface area contributed by atoms with Crippen LogP contribution in [0.5, 0.6) is 11.6 Å². The number of para-hydroxylation sites is 1. The number of sulfonamides is 1. The van der Waals surface area contributed by atoms with Crippen molar-refractivity contribution in [3.05, 3.63) is 103 Å². The van der Waals surface area contributed by atoms with Crippen LogP contribution in [0.3, 0.4) is 0 Å². The monoisotopic (exact) mass is 454 g/mol. The fourth-order valence-electron chi connectivity index (χ4n) is 3.28. The highest BCUT2D eigenvalue weighted by Gasteiger charge is 2.18. The highest BCUT2D eigenvalue weighted by atomic mass is 32.2. The van der Waals surface area contributed by atoms with E-state index in [4.69, 9.17) is 4.74 Å². The summed E-state index contributed by atoms with van der Waals surface area (Å²) in [5, 5.41) is 0.845. The van der Waals surface area contributed by atoms with E-state index in [0.29, 0.717) is 17.0 Å². The molecule has 1 N–H and O–H groups in total. The Morgan fingerprint density at radius 1 is 0.758 bits per heavy atom. The van der Waals surface area contributed by atoms with Crippen molar-refractivity contribution in [2.24, 2.45) is 0 Å². The Hall–Kier alpha value is -4.30. The predicted octanol–water partition coefficient (Wildman–Crippen LogP) is 5.28. The quantitative estimate of drug-likeness (QED) is 0.375. The minimum atomic E-state index is -3.96. The molecule has 0 fully saturated rings. The molecule has 5 aromatic rings. The van der Waals surface area contributed by atoms with Gasteiger partial charge in [0.05, 0.1) is 16.1 Å². The van der Waals surface area contributed by atoms with Crippen LogP contribution in [-0.2, 0) is 10.0 Å². The number of anilines is 1. The lowest BCUT2D eigenvalue weighted by atomic mass is 10.1. The molecule has 0 spiro atoms. The molecule has 0 radical (unpaired) electrons. The maximum absolute atomic E-state index is 13.1. The van der Waals surface area contributed by atoms with E-state index in [1.807, 2.05) is 54.6 Å². The van der Waals surface area contributed by atoms with Crippen molar-refractivity contribution < 1.29 is 13.2 Å². The number of rotatable bonds is 6. The summed E-state index contributed by atoms with van der Waals surface area (Å²) in [7, 11) is -3.96. The largest absolute Gasteiger partial charge is 0.439 e. The summed E-state index contributed by atoms with van der Waals surface area (Å²) in [6.07, 6.45) is 1.62. The van der Waals surface area contributed by atoms with Gasteiger partial charge in [0.15, 0.2) is 0 Å². The zero-order chi connectivity index (χ0) is 22.7. The molecule has 0 aliphatic carbocycles. The van der Waals surface area contributed by atoms with Gasteiger partial charge in [0, 0.05) is 23.2 Å². The van der Waals surface area contributed by atoms with Crippen LogP contribution in [0.15, 0.2) is 108 Å². The minimum absolute atomic E-state index is 0.0629. The summed E-state index contributed by atoms with van der Waals surface area (Å²) in [5.74, 6) is 0.695. The number of aromatic nitrogens is 3. The lowest BCUT2D eigenvalue weighted by Gasteiger charge is -2.11. The molecule has 33 heavy (non-hydrogen) atoms. The van der Waals surface area contributed by atoms with Gasteiger partial charge in [-0.05, 0) is 30.3 Å². The number of ether oxygens (including phenoxy) is 1. The van der Waals surface area contributed by atoms with Crippen LogP contribution in [0.2, 0.25) is 0 Å². The Morgan fingerprint density at radius 2 is 1.52 bits per heavy atom. The first-order valence-electron chi connectivity index (χ1n) is 10.1. The van der Waals surface area contributed by atoms with Crippen LogP contribution in [0.1, 0.15) is 0 Å². The molecule has 0 saturated carbocycles. The number of benzene rings is 3. The first-order valence-corrected chi connectivity index (χ1v) is 11.6. The first-order chi connectivity index (χ1) is 16.1. The summed E-state index contributed by atoms with van der Waals surface area (Å²) >= 11 is 0. The third-order valence-electron chi connectivity index (χ3n) is 4.85. The third-order valence-corrected chi connectivity index (χ3v) is 6.18. The van der Waals surface area contributed by atoms with E-state index in [9.17, 15) is 8.42 Å². The van der Waals surface area contributed by atoms with E-state index in [1.165, 1.54) is 12.1 Å². The summed E-state index contributed by atoms with van der Waals surface area (Å²) < 4.78 is 34.5. The maximum atomic E-state index is 13.1. The molecule has 162 valence electrons. The molecule has 0 saturated heterocycles. The van der Waals surface area contributed by atoms with Crippen molar-refractivity contribution in [1.29, 1.82) is 0 Å². The SMILES string of the molecule is O=S(=O)(Nc1nc(Oc2ccccc2)cc(-c2ccccc2)n1)c1ccc2cccnc2c1. The second-order valence-corrected chi connectivity index (χ2v) is 8.84. The average molecular weight is 455 g/mol. The van der Waals surface area contributed by atoms with E-state index >= 15 is 0 Å². The Labute approximate surface area is 190 Å². The Balaban J connectivity index is 1.53. The Kier molecular flexibility index (Phi) is 5.42. The molecular weight excluding hydrogens is 436 g/mol. The lowest BCUT2D eigenvalue weighted by molar-refractivity contribution is 0.463. The number of nitrogens with zero attached hydrogens (tertiary/aromatic N) is 3. The summed E-state index contributed by atoms with van der Waals surface area (Å²) in [6, 6.07) is 28.6. The van der Waals surface area contributed by atoms with Crippen molar-refractivity contribution in [2.75, 3.05) is 4.72 Å². The van der Waals surface area contributed by atoms with Gasteiger partial charge in [-0.2, -0.15) is 4.98 Å². The highest BCUT2D eigenvalue weighted by molar-refractivity contribution is 7.92. The molecule has 0 aliphatic heterocycles. The van der Waals surface area contributed by atoms with E-state index in [0.717, 1.165) is 10.9 Å². The number of fused-ring (bicyclic) bond motifs is 1. The van der Waals surface area contributed by atoms with E-state index in [2.05, 4.69) is 19.7 Å².